The van der Waals surface area contributed by atoms with Gasteiger partial charge in [-0.2, -0.15) is 0 Å². The number of aromatic nitrogens is 1. The molecule has 1 amide bonds. The molecule has 1 aromatic heterocycles. The van der Waals surface area contributed by atoms with Crippen LogP contribution >= 0.6 is 11.8 Å². The quantitative estimate of drug-likeness (QED) is 0.860. The average molecular weight is 307 g/mol. The molecule has 7 heteroatoms. The predicted molar refractivity (Wildman–Crippen MR) is 79.6 cm³/mol. The lowest BCUT2D eigenvalue weighted by molar-refractivity contribution is -0.149. The van der Waals surface area contributed by atoms with Crippen LogP contribution in [-0.2, 0) is 16.0 Å². The Morgan fingerprint density at radius 1 is 1.43 bits per heavy atom. The number of thioether (sulfide) groups is 1. The minimum absolute atomic E-state index is 0.00683. The van der Waals surface area contributed by atoms with Gasteiger partial charge in [0.1, 0.15) is 6.04 Å². The lowest BCUT2D eigenvalue weighted by Gasteiger charge is -2.27. The standard InChI is InChI=1S/C14H17N3O3S/c15-9-3-4-10(16-6-9)5-12(18)17-11(14(19)20)7-21-13(17)8-1-2-8/h3-4,6,8,11,13H,1-2,5,7,15H2,(H,19,20). The maximum Gasteiger partial charge on any atom is 0.327 e. The first kappa shape index (κ1) is 14.2. The van der Waals surface area contributed by atoms with E-state index in [1.165, 1.54) is 6.20 Å². The number of nitrogens with zero attached hydrogens (tertiary/aromatic N) is 2. The molecule has 2 fully saturated rings. The van der Waals surface area contributed by atoms with Gasteiger partial charge in [-0.3, -0.25) is 9.78 Å². The molecule has 3 rings (SSSR count). The highest BCUT2D eigenvalue weighted by Gasteiger charge is 2.47. The van der Waals surface area contributed by atoms with Crippen LogP contribution in [0.25, 0.3) is 0 Å². The second-order valence-electron chi connectivity index (χ2n) is 5.48. The summed E-state index contributed by atoms with van der Waals surface area (Å²) in [6.07, 6.45) is 3.78. The summed E-state index contributed by atoms with van der Waals surface area (Å²) in [5.41, 5.74) is 6.73. The van der Waals surface area contributed by atoms with E-state index in [4.69, 9.17) is 5.73 Å². The van der Waals surface area contributed by atoms with E-state index in [0.717, 1.165) is 12.8 Å². The molecule has 1 aliphatic heterocycles. The zero-order chi connectivity index (χ0) is 15.0. The first-order chi connectivity index (χ1) is 10.1. The number of carbonyl (C=O) groups is 2. The number of carbonyl (C=O) groups excluding carboxylic acids is 1. The third-order valence-corrected chi connectivity index (χ3v) is 5.27. The maximum atomic E-state index is 12.5. The van der Waals surface area contributed by atoms with Crippen molar-refractivity contribution in [1.29, 1.82) is 0 Å². The van der Waals surface area contributed by atoms with Crippen LogP contribution < -0.4 is 5.73 Å². The molecule has 2 aliphatic rings. The Labute approximate surface area is 126 Å². The molecule has 3 N–H and O–H groups in total. The zero-order valence-electron chi connectivity index (χ0n) is 11.4. The number of rotatable bonds is 4. The van der Waals surface area contributed by atoms with Crippen LogP contribution in [0, 0.1) is 5.92 Å². The fraction of sp³-hybridized carbons (Fsp3) is 0.500. The van der Waals surface area contributed by atoms with E-state index < -0.39 is 12.0 Å². The lowest BCUT2D eigenvalue weighted by Crippen LogP contribution is -2.47. The molecular formula is C14H17N3O3S. The number of pyridine rings is 1. The predicted octanol–water partition coefficient (Wildman–Crippen LogP) is 0.971. The fourth-order valence-corrected chi connectivity index (χ4v) is 4.22. The van der Waals surface area contributed by atoms with Gasteiger partial charge in [0.05, 0.1) is 23.7 Å². The van der Waals surface area contributed by atoms with Gasteiger partial charge in [-0.25, -0.2) is 4.79 Å². The molecule has 2 unspecified atom stereocenters. The fourth-order valence-electron chi connectivity index (χ4n) is 2.57. The summed E-state index contributed by atoms with van der Waals surface area (Å²) in [7, 11) is 0. The Kier molecular flexibility index (Phi) is 3.75. The number of hydrogen-bond donors (Lipinski definition) is 2. The molecule has 0 radical (unpaired) electrons. The van der Waals surface area contributed by atoms with Crippen LogP contribution in [0.5, 0.6) is 0 Å². The smallest absolute Gasteiger partial charge is 0.327 e. The molecular weight excluding hydrogens is 290 g/mol. The van der Waals surface area contributed by atoms with Crippen molar-refractivity contribution in [1.82, 2.24) is 9.88 Å². The number of nitrogens with two attached hydrogens (primary N) is 1. The van der Waals surface area contributed by atoms with Gasteiger partial charge < -0.3 is 15.7 Å². The van der Waals surface area contributed by atoms with Crippen molar-refractivity contribution in [2.24, 2.45) is 5.92 Å². The monoisotopic (exact) mass is 307 g/mol. The second-order valence-corrected chi connectivity index (χ2v) is 6.63. The topological polar surface area (TPSA) is 96.5 Å². The summed E-state index contributed by atoms with van der Waals surface area (Å²) < 4.78 is 0. The summed E-state index contributed by atoms with van der Waals surface area (Å²) in [4.78, 5) is 29.6. The summed E-state index contributed by atoms with van der Waals surface area (Å²) in [6.45, 7) is 0. The summed E-state index contributed by atoms with van der Waals surface area (Å²) in [6, 6.07) is 2.68. The van der Waals surface area contributed by atoms with Crippen molar-refractivity contribution in [3.63, 3.8) is 0 Å². The van der Waals surface area contributed by atoms with E-state index in [-0.39, 0.29) is 17.7 Å². The second kappa shape index (κ2) is 5.55. The minimum atomic E-state index is -0.927. The number of carboxylic acid groups (broad SMARTS) is 1. The molecule has 6 nitrogen and oxygen atoms in total. The molecule has 112 valence electrons. The number of hydrogen-bond acceptors (Lipinski definition) is 5. The lowest BCUT2D eigenvalue weighted by atomic mass is 10.2. The highest BCUT2D eigenvalue weighted by atomic mass is 32.2. The van der Waals surface area contributed by atoms with Gasteiger partial charge >= 0.3 is 5.97 Å². The van der Waals surface area contributed by atoms with Crippen LogP contribution in [0.1, 0.15) is 18.5 Å². The van der Waals surface area contributed by atoms with Crippen molar-refractivity contribution in [3.05, 3.63) is 24.0 Å². The number of aliphatic carboxylic acids is 1. The van der Waals surface area contributed by atoms with Gasteiger partial charge in [-0.1, -0.05) is 0 Å². The Balaban J connectivity index is 1.76. The summed E-state index contributed by atoms with van der Waals surface area (Å²) in [5, 5.41) is 9.32. The van der Waals surface area contributed by atoms with E-state index in [1.807, 2.05) is 0 Å². The normalized spacial score (nSPS) is 25.0. The van der Waals surface area contributed by atoms with Crippen LogP contribution in [-0.4, -0.2) is 44.0 Å². The molecule has 2 heterocycles. The summed E-state index contributed by atoms with van der Waals surface area (Å²) >= 11 is 1.58. The molecule has 21 heavy (non-hydrogen) atoms. The van der Waals surface area contributed by atoms with Crippen LogP contribution in [0.3, 0.4) is 0 Å². The zero-order valence-corrected chi connectivity index (χ0v) is 12.3. The van der Waals surface area contributed by atoms with Crippen LogP contribution in [0.15, 0.2) is 18.3 Å². The van der Waals surface area contributed by atoms with Crippen molar-refractivity contribution in [3.8, 4) is 0 Å². The summed E-state index contributed by atoms with van der Waals surface area (Å²) in [5.74, 6) is -0.175. The number of amides is 1. The van der Waals surface area contributed by atoms with Crippen molar-refractivity contribution < 1.29 is 14.7 Å². The van der Waals surface area contributed by atoms with Gasteiger partial charge in [0.15, 0.2) is 0 Å². The molecule has 0 bridgehead atoms. The molecule has 1 aliphatic carbocycles. The Bertz CT molecular complexity index is 559. The van der Waals surface area contributed by atoms with Gasteiger partial charge in [-0.05, 0) is 30.9 Å². The van der Waals surface area contributed by atoms with Crippen molar-refractivity contribution >= 4 is 29.3 Å². The van der Waals surface area contributed by atoms with Crippen LogP contribution in [0.4, 0.5) is 5.69 Å². The van der Waals surface area contributed by atoms with Gasteiger partial charge in [0.25, 0.3) is 0 Å². The van der Waals surface area contributed by atoms with E-state index in [1.54, 1.807) is 28.8 Å². The third kappa shape index (κ3) is 2.97. The van der Waals surface area contributed by atoms with E-state index in [2.05, 4.69) is 4.98 Å². The molecule has 1 saturated heterocycles. The Hall–Kier alpha value is -1.76. The molecule has 0 aromatic carbocycles. The van der Waals surface area contributed by atoms with Gasteiger partial charge in [-0.15, -0.1) is 11.8 Å². The molecule has 1 saturated carbocycles. The maximum absolute atomic E-state index is 12.5. The van der Waals surface area contributed by atoms with Crippen molar-refractivity contribution in [2.75, 3.05) is 11.5 Å². The molecule has 0 spiro atoms. The van der Waals surface area contributed by atoms with Gasteiger partial charge in [0, 0.05) is 11.4 Å². The average Bonchev–Trinajstić information content (AvgIpc) is 3.19. The van der Waals surface area contributed by atoms with E-state index >= 15 is 0 Å². The van der Waals surface area contributed by atoms with E-state index in [9.17, 15) is 14.7 Å². The third-order valence-electron chi connectivity index (χ3n) is 3.81. The number of carboxylic acids is 1. The van der Waals surface area contributed by atoms with Crippen molar-refractivity contribution in [2.45, 2.75) is 30.7 Å². The SMILES string of the molecule is Nc1ccc(CC(=O)N2C(C(=O)O)CSC2C2CC2)nc1. The van der Waals surface area contributed by atoms with Crippen LogP contribution in [0.2, 0.25) is 0 Å². The molecule has 2 atom stereocenters. The largest absolute Gasteiger partial charge is 0.480 e. The first-order valence-corrected chi connectivity index (χ1v) is 7.97. The highest BCUT2D eigenvalue weighted by molar-refractivity contribution is 8.00. The molecule has 1 aromatic rings. The Morgan fingerprint density at radius 2 is 2.19 bits per heavy atom. The highest BCUT2D eigenvalue weighted by Crippen LogP contribution is 2.45. The first-order valence-electron chi connectivity index (χ1n) is 6.92. The number of nitrogen functional groups attached to an aromatic ring is 1. The van der Waals surface area contributed by atoms with Gasteiger partial charge in [0.2, 0.25) is 5.91 Å². The number of anilines is 1. The Morgan fingerprint density at radius 3 is 2.76 bits per heavy atom. The minimum Gasteiger partial charge on any atom is -0.480 e. The van der Waals surface area contributed by atoms with E-state index in [0.29, 0.717) is 23.1 Å².